The van der Waals surface area contributed by atoms with E-state index in [1.165, 1.54) is 0 Å². The molecule has 0 aromatic rings. The summed E-state index contributed by atoms with van der Waals surface area (Å²) in [4.78, 5) is 21.1. The Labute approximate surface area is 212 Å². The molecular formula is C10H22K2O7P2. The second-order valence-electron chi connectivity index (χ2n) is 5.01. The van der Waals surface area contributed by atoms with E-state index in [2.05, 4.69) is 4.31 Å². The molecule has 0 spiro atoms. The van der Waals surface area contributed by atoms with Crippen molar-refractivity contribution >= 4 is 15.6 Å². The maximum atomic E-state index is 12.0. The third-order valence-corrected chi connectivity index (χ3v) is 4.69. The predicted molar refractivity (Wildman–Crippen MR) is 67.1 cm³/mol. The van der Waals surface area contributed by atoms with Gasteiger partial charge in [-0.1, -0.05) is 27.7 Å². The molecule has 0 aliphatic heterocycles. The summed E-state index contributed by atoms with van der Waals surface area (Å²) in [5, 5.41) is 0. The number of hydrogen-bond donors (Lipinski definition) is 0. The molecule has 0 aromatic heterocycles. The van der Waals surface area contributed by atoms with Gasteiger partial charge in [0.25, 0.3) is 0 Å². The van der Waals surface area contributed by atoms with Crippen LogP contribution in [0.15, 0.2) is 0 Å². The molecule has 0 heterocycles. The van der Waals surface area contributed by atoms with Crippen LogP contribution in [0.25, 0.3) is 0 Å². The monoisotopic (exact) mass is 394 g/mol. The largest absolute Gasteiger partial charge is 1.00 e. The summed E-state index contributed by atoms with van der Waals surface area (Å²) in [6.45, 7) is 7.66. The quantitative estimate of drug-likeness (QED) is 0.275. The van der Waals surface area contributed by atoms with Gasteiger partial charge in [0.15, 0.2) is 0 Å². The van der Waals surface area contributed by atoms with Crippen LogP contribution in [0, 0.1) is 11.8 Å². The first kappa shape index (κ1) is 29.3. The van der Waals surface area contributed by atoms with Gasteiger partial charge in [-0.05, 0) is 24.7 Å². The first-order valence-electron chi connectivity index (χ1n) is 6.16. The van der Waals surface area contributed by atoms with Crippen molar-refractivity contribution in [2.75, 3.05) is 13.2 Å². The summed E-state index contributed by atoms with van der Waals surface area (Å²) in [6.07, 6.45) is 1.09. The van der Waals surface area contributed by atoms with E-state index in [0.717, 1.165) is 0 Å². The van der Waals surface area contributed by atoms with E-state index in [9.17, 15) is 18.9 Å². The Kier molecular flexibility index (Phi) is 20.5. The smallest absolute Gasteiger partial charge is 0.789 e. The van der Waals surface area contributed by atoms with Gasteiger partial charge in [-0.3, -0.25) is 13.4 Å². The molecular weight excluding hydrogens is 372 g/mol. The third kappa shape index (κ3) is 19.7. The van der Waals surface area contributed by atoms with Gasteiger partial charge >= 0.3 is 111 Å². The number of phosphoric ester groups is 1. The average molecular weight is 394 g/mol. The standard InChI is InChI=1S/C10H24O7P2.2K/c1-9(2)5-7-15-19(14,17-18(11,12)13)16-8-6-10(3)4;;/h9-10H,5-8H2,1-4H3,(H2,11,12,13);;/q;2*+1/p-2. The SMILES string of the molecule is CC(C)CCOP(=O)(OCCC(C)C)OP(=O)([O-])[O-].[K+].[K+]. The third-order valence-electron chi connectivity index (χ3n) is 2.09. The second kappa shape index (κ2) is 14.7. The fourth-order valence-corrected chi connectivity index (χ4v) is 3.10. The minimum atomic E-state index is -5.43. The van der Waals surface area contributed by atoms with Crippen molar-refractivity contribution in [1.29, 1.82) is 0 Å². The summed E-state index contributed by atoms with van der Waals surface area (Å²) in [6, 6.07) is 0. The van der Waals surface area contributed by atoms with Crippen LogP contribution in [-0.2, 0) is 22.5 Å². The van der Waals surface area contributed by atoms with Crippen LogP contribution in [0.4, 0.5) is 0 Å². The average Bonchev–Trinajstić information content (AvgIpc) is 2.12. The Bertz CT molecular complexity index is 328. The van der Waals surface area contributed by atoms with Crippen LogP contribution in [0.3, 0.4) is 0 Å². The molecule has 0 saturated carbocycles. The molecule has 7 nitrogen and oxygen atoms in total. The van der Waals surface area contributed by atoms with E-state index in [1.54, 1.807) is 0 Å². The molecule has 0 unspecified atom stereocenters. The molecule has 0 fully saturated rings. The fraction of sp³-hybridized carbons (Fsp3) is 1.00. The molecule has 0 saturated heterocycles. The van der Waals surface area contributed by atoms with E-state index in [1.807, 2.05) is 27.7 Å². The molecule has 21 heavy (non-hydrogen) atoms. The summed E-state index contributed by atoms with van der Waals surface area (Å²) in [5.41, 5.74) is 0. The van der Waals surface area contributed by atoms with Gasteiger partial charge in [-0.25, -0.2) is 4.57 Å². The first-order valence-corrected chi connectivity index (χ1v) is 9.09. The van der Waals surface area contributed by atoms with Crippen LogP contribution in [0.2, 0.25) is 0 Å². The van der Waals surface area contributed by atoms with E-state index < -0.39 is 15.6 Å². The van der Waals surface area contributed by atoms with Crippen LogP contribution >= 0.6 is 15.6 Å². The molecule has 0 aliphatic rings. The molecule has 0 amide bonds. The Morgan fingerprint density at radius 3 is 1.43 bits per heavy atom. The Morgan fingerprint density at radius 2 is 1.19 bits per heavy atom. The van der Waals surface area contributed by atoms with Gasteiger partial charge in [0, 0.05) is 0 Å². The molecule has 0 aromatic carbocycles. The van der Waals surface area contributed by atoms with Crippen molar-refractivity contribution in [2.24, 2.45) is 11.8 Å². The summed E-state index contributed by atoms with van der Waals surface area (Å²) >= 11 is 0. The Hall–Kier alpha value is 3.53. The Balaban J connectivity index is -0.00000162. The first-order chi connectivity index (χ1) is 8.54. The molecule has 0 aliphatic carbocycles. The minimum Gasteiger partial charge on any atom is -0.789 e. The van der Waals surface area contributed by atoms with Gasteiger partial charge in [0.2, 0.25) is 0 Å². The van der Waals surface area contributed by atoms with Crippen LogP contribution in [-0.4, -0.2) is 13.2 Å². The van der Waals surface area contributed by atoms with Gasteiger partial charge in [0.1, 0.15) is 0 Å². The summed E-state index contributed by atoms with van der Waals surface area (Å²) in [7, 11) is -9.77. The molecule has 0 radical (unpaired) electrons. The summed E-state index contributed by atoms with van der Waals surface area (Å²) in [5.74, 6) is 0.547. The minimum absolute atomic E-state index is 0. The Morgan fingerprint density at radius 1 is 0.857 bits per heavy atom. The second-order valence-corrected chi connectivity index (χ2v) is 7.97. The van der Waals surface area contributed by atoms with Gasteiger partial charge in [-0.15, -0.1) is 0 Å². The summed E-state index contributed by atoms with van der Waals surface area (Å²) < 4.78 is 36.1. The van der Waals surface area contributed by atoms with E-state index in [0.29, 0.717) is 12.8 Å². The number of hydrogen-bond acceptors (Lipinski definition) is 7. The predicted octanol–water partition coefficient (Wildman–Crippen LogP) is -3.93. The molecule has 116 valence electrons. The van der Waals surface area contributed by atoms with Gasteiger partial charge < -0.3 is 14.4 Å². The molecule has 0 rings (SSSR count). The van der Waals surface area contributed by atoms with Crippen molar-refractivity contribution in [2.45, 2.75) is 40.5 Å². The van der Waals surface area contributed by atoms with E-state index in [-0.39, 0.29) is 128 Å². The maximum absolute atomic E-state index is 12.0. The fourth-order valence-electron chi connectivity index (χ4n) is 1.01. The molecule has 11 heteroatoms. The van der Waals surface area contributed by atoms with E-state index in [4.69, 9.17) is 9.05 Å². The normalized spacial score (nSPS) is 12.2. The zero-order chi connectivity index (χ0) is 15.1. The number of rotatable bonds is 10. The molecule has 0 N–H and O–H groups in total. The van der Waals surface area contributed by atoms with Gasteiger partial charge in [-0.2, -0.15) is 0 Å². The van der Waals surface area contributed by atoms with Crippen molar-refractivity contribution < 1.29 is 135 Å². The van der Waals surface area contributed by atoms with Crippen molar-refractivity contribution in [1.82, 2.24) is 0 Å². The molecule has 0 atom stereocenters. The van der Waals surface area contributed by atoms with Gasteiger partial charge in [0.05, 0.1) is 21.0 Å². The zero-order valence-corrected chi connectivity index (χ0v) is 21.8. The van der Waals surface area contributed by atoms with Crippen molar-refractivity contribution in [3.05, 3.63) is 0 Å². The van der Waals surface area contributed by atoms with Crippen molar-refractivity contribution in [3.8, 4) is 0 Å². The molecule has 0 bridgehead atoms. The van der Waals surface area contributed by atoms with Crippen LogP contribution < -0.4 is 113 Å². The van der Waals surface area contributed by atoms with Crippen LogP contribution in [0.5, 0.6) is 0 Å². The van der Waals surface area contributed by atoms with Crippen LogP contribution in [0.1, 0.15) is 40.5 Å². The van der Waals surface area contributed by atoms with E-state index >= 15 is 0 Å². The van der Waals surface area contributed by atoms with Crippen molar-refractivity contribution in [3.63, 3.8) is 0 Å². The number of phosphoric acid groups is 2. The zero-order valence-electron chi connectivity index (χ0n) is 13.7. The maximum Gasteiger partial charge on any atom is 1.00 e. The topological polar surface area (TPSA) is 108 Å².